The molecule has 9 heteroatoms. The molecule has 0 saturated carbocycles. The van der Waals surface area contributed by atoms with Crippen molar-refractivity contribution in [3.8, 4) is 5.75 Å². The van der Waals surface area contributed by atoms with Gasteiger partial charge in [-0.05, 0) is 23.8 Å². The van der Waals surface area contributed by atoms with Gasteiger partial charge < -0.3 is 4.18 Å². The molecule has 0 amide bonds. The van der Waals surface area contributed by atoms with Gasteiger partial charge in [0.1, 0.15) is 5.75 Å². The second-order valence-corrected chi connectivity index (χ2v) is 6.64. The van der Waals surface area contributed by atoms with Crippen molar-refractivity contribution in [2.75, 3.05) is 0 Å². The van der Waals surface area contributed by atoms with Crippen molar-refractivity contribution in [3.63, 3.8) is 0 Å². The van der Waals surface area contributed by atoms with Crippen molar-refractivity contribution in [2.45, 2.75) is 5.75 Å². The number of halogens is 2. The highest BCUT2D eigenvalue weighted by Crippen LogP contribution is 2.29. The summed E-state index contributed by atoms with van der Waals surface area (Å²) >= 11 is 11.6. The van der Waals surface area contributed by atoms with Crippen LogP contribution in [0.3, 0.4) is 0 Å². The molecule has 0 aliphatic heterocycles. The maximum absolute atomic E-state index is 12.0. The quantitative estimate of drug-likeness (QED) is 0.459. The Kier molecular flexibility index (Phi) is 4.90. The number of nitro groups is 1. The number of nitrogens with zero attached hydrogens (tertiary/aromatic N) is 1. The summed E-state index contributed by atoms with van der Waals surface area (Å²) in [5.74, 6) is -0.830. The Hall–Kier alpha value is -1.83. The van der Waals surface area contributed by atoms with Crippen molar-refractivity contribution in [1.82, 2.24) is 0 Å². The van der Waals surface area contributed by atoms with E-state index < -0.39 is 26.5 Å². The van der Waals surface area contributed by atoms with Crippen LogP contribution in [0.4, 0.5) is 5.69 Å². The average molecular weight is 362 g/mol. The van der Waals surface area contributed by atoms with Crippen LogP contribution in [0.2, 0.25) is 10.0 Å². The van der Waals surface area contributed by atoms with Gasteiger partial charge in [0.25, 0.3) is 0 Å². The van der Waals surface area contributed by atoms with E-state index in [-0.39, 0.29) is 10.8 Å². The molecule has 2 aromatic carbocycles. The minimum Gasteiger partial charge on any atom is -0.375 e. The molecule has 0 saturated heterocycles. The van der Waals surface area contributed by atoms with E-state index in [4.69, 9.17) is 27.4 Å². The fourth-order valence-electron chi connectivity index (χ4n) is 1.68. The number of rotatable bonds is 5. The van der Waals surface area contributed by atoms with Crippen molar-refractivity contribution < 1.29 is 17.5 Å². The molecule has 0 N–H and O–H groups in total. The number of nitro benzene ring substituents is 1. The molecule has 0 heterocycles. The third-order valence-corrected chi connectivity index (χ3v) is 4.47. The molecule has 0 unspecified atom stereocenters. The zero-order valence-corrected chi connectivity index (χ0v) is 13.2. The van der Waals surface area contributed by atoms with Crippen molar-refractivity contribution in [2.24, 2.45) is 0 Å². The Morgan fingerprint density at radius 2 is 1.77 bits per heavy atom. The number of hydrogen-bond donors (Lipinski definition) is 0. The van der Waals surface area contributed by atoms with E-state index in [1.54, 1.807) is 0 Å². The molecule has 0 aromatic heterocycles. The summed E-state index contributed by atoms with van der Waals surface area (Å²) in [6, 6.07) is 9.56. The first-order valence-corrected chi connectivity index (χ1v) is 8.21. The Morgan fingerprint density at radius 3 is 2.41 bits per heavy atom. The standard InChI is InChI=1S/C13H9Cl2NO5S/c14-10-6-5-9(7-11(10)15)8-22(19,20)21-13-4-2-1-3-12(13)16(17)18/h1-7H,8H2. The summed E-state index contributed by atoms with van der Waals surface area (Å²) in [6.07, 6.45) is 0. The Morgan fingerprint density at radius 1 is 1.09 bits per heavy atom. The molecule has 0 radical (unpaired) electrons. The molecule has 6 nitrogen and oxygen atoms in total. The molecule has 0 fully saturated rings. The second-order valence-electron chi connectivity index (χ2n) is 4.26. The topological polar surface area (TPSA) is 86.5 Å². The molecule has 22 heavy (non-hydrogen) atoms. The fraction of sp³-hybridized carbons (Fsp3) is 0.0769. The van der Waals surface area contributed by atoms with E-state index in [0.717, 1.165) is 6.07 Å². The minimum atomic E-state index is -4.08. The van der Waals surface area contributed by atoms with Crippen LogP contribution in [-0.4, -0.2) is 13.3 Å². The van der Waals surface area contributed by atoms with Crippen LogP contribution >= 0.6 is 23.2 Å². The SMILES string of the molecule is O=[N+]([O-])c1ccccc1OS(=O)(=O)Cc1ccc(Cl)c(Cl)c1. The van der Waals surface area contributed by atoms with Gasteiger partial charge in [-0.1, -0.05) is 41.4 Å². The minimum absolute atomic E-state index is 0.208. The van der Waals surface area contributed by atoms with Crippen molar-refractivity contribution >= 4 is 39.0 Å². The largest absolute Gasteiger partial charge is 0.375 e. The lowest BCUT2D eigenvalue weighted by Gasteiger charge is -2.08. The summed E-state index contributed by atoms with van der Waals surface area (Å²) in [6.45, 7) is 0. The Bertz CT molecular complexity index is 823. The predicted octanol–water partition coefficient (Wildman–Crippen LogP) is 3.81. The van der Waals surface area contributed by atoms with Crippen LogP contribution in [0.5, 0.6) is 5.75 Å². The highest BCUT2D eigenvalue weighted by atomic mass is 35.5. The summed E-state index contributed by atoms with van der Waals surface area (Å²) in [7, 11) is -4.08. The van der Waals surface area contributed by atoms with Gasteiger partial charge in [-0.25, -0.2) is 0 Å². The molecular weight excluding hydrogens is 353 g/mol. The molecule has 0 spiro atoms. The maximum Gasteiger partial charge on any atom is 0.313 e. The van der Waals surface area contributed by atoms with Crippen LogP contribution in [-0.2, 0) is 15.9 Å². The monoisotopic (exact) mass is 361 g/mol. The van der Waals surface area contributed by atoms with Crippen molar-refractivity contribution in [3.05, 3.63) is 68.2 Å². The number of benzene rings is 2. The molecule has 2 rings (SSSR count). The molecule has 116 valence electrons. The summed E-state index contributed by atoms with van der Waals surface area (Å²) in [5.41, 5.74) is -0.0757. The summed E-state index contributed by atoms with van der Waals surface area (Å²) < 4.78 is 28.9. The van der Waals surface area contributed by atoms with Gasteiger partial charge in [0, 0.05) is 6.07 Å². The molecule has 0 aliphatic rings. The van der Waals surface area contributed by atoms with E-state index in [2.05, 4.69) is 0 Å². The van der Waals surface area contributed by atoms with Gasteiger partial charge >= 0.3 is 15.8 Å². The van der Waals surface area contributed by atoms with E-state index in [0.29, 0.717) is 10.6 Å². The highest BCUT2D eigenvalue weighted by molar-refractivity contribution is 7.86. The first-order chi connectivity index (χ1) is 10.3. The maximum atomic E-state index is 12.0. The Labute approximate surface area is 136 Å². The van der Waals surface area contributed by atoms with Crippen LogP contribution in [0, 0.1) is 10.1 Å². The fourth-order valence-corrected chi connectivity index (χ4v) is 3.06. The van der Waals surface area contributed by atoms with E-state index >= 15 is 0 Å². The second kappa shape index (κ2) is 6.51. The summed E-state index contributed by atoms with van der Waals surface area (Å²) in [4.78, 5) is 10.1. The van der Waals surface area contributed by atoms with E-state index in [1.165, 1.54) is 36.4 Å². The van der Waals surface area contributed by atoms with Gasteiger partial charge in [-0.15, -0.1) is 0 Å². The van der Waals surface area contributed by atoms with Crippen LogP contribution in [0.15, 0.2) is 42.5 Å². The lowest BCUT2D eigenvalue weighted by Crippen LogP contribution is -2.13. The first-order valence-electron chi connectivity index (χ1n) is 5.88. The predicted molar refractivity (Wildman–Crippen MR) is 82.8 cm³/mol. The van der Waals surface area contributed by atoms with Crippen molar-refractivity contribution in [1.29, 1.82) is 0 Å². The van der Waals surface area contributed by atoms with Crippen LogP contribution in [0.25, 0.3) is 0 Å². The van der Waals surface area contributed by atoms with Gasteiger partial charge in [0.15, 0.2) is 0 Å². The van der Waals surface area contributed by atoms with E-state index in [1.807, 2.05) is 0 Å². The van der Waals surface area contributed by atoms with E-state index in [9.17, 15) is 18.5 Å². The number of hydrogen-bond acceptors (Lipinski definition) is 5. The number of para-hydroxylation sites is 2. The third kappa shape index (κ3) is 4.09. The zero-order valence-electron chi connectivity index (χ0n) is 10.9. The molecule has 0 bridgehead atoms. The molecular formula is C13H9Cl2NO5S. The third-order valence-electron chi connectivity index (χ3n) is 2.61. The van der Waals surface area contributed by atoms with Gasteiger partial charge in [0.2, 0.25) is 5.75 Å². The van der Waals surface area contributed by atoms with Gasteiger partial charge in [-0.3, -0.25) is 10.1 Å². The molecule has 0 aliphatic carbocycles. The molecule has 0 atom stereocenters. The average Bonchev–Trinajstić information content (AvgIpc) is 2.42. The normalized spacial score (nSPS) is 11.2. The zero-order chi connectivity index (χ0) is 16.3. The molecule has 2 aromatic rings. The smallest absolute Gasteiger partial charge is 0.313 e. The Balaban J connectivity index is 2.25. The van der Waals surface area contributed by atoms with Crippen LogP contribution in [0.1, 0.15) is 5.56 Å². The van der Waals surface area contributed by atoms with Crippen LogP contribution < -0.4 is 4.18 Å². The lowest BCUT2D eigenvalue weighted by molar-refractivity contribution is -0.385. The highest BCUT2D eigenvalue weighted by Gasteiger charge is 2.21. The van der Waals surface area contributed by atoms with Gasteiger partial charge in [0.05, 0.1) is 15.0 Å². The van der Waals surface area contributed by atoms with Gasteiger partial charge in [-0.2, -0.15) is 8.42 Å². The summed E-state index contributed by atoms with van der Waals surface area (Å²) in [5, 5.41) is 11.3. The first kappa shape index (κ1) is 16.5. The lowest BCUT2D eigenvalue weighted by atomic mass is 10.2.